The normalized spacial score (nSPS) is 12.2. The minimum atomic E-state index is -0.337. The van der Waals surface area contributed by atoms with E-state index in [-0.39, 0.29) is 23.6 Å². The number of hydrogen-bond acceptors (Lipinski definition) is 6. The van der Waals surface area contributed by atoms with Crippen molar-refractivity contribution < 1.29 is 9.21 Å². The van der Waals surface area contributed by atoms with Crippen LogP contribution in [0.1, 0.15) is 54.8 Å². The van der Waals surface area contributed by atoms with Gasteiger partial charge in [0, 0.05) is 5.92 Å². The van der Waals surface area contributed by atoms with Crippen LogP contribution in [0, 0.1) is 0 Å². The molecule has 112 valence electrons. The predicted octanol–water partition coefficient (Wildman–Crippen LogP) is 1.97. The van der Waals surface area contributed by atoms with E-state index in [1.54, 1.807) is 18.4 Å². The molecule has 1 unspecified atom stereocenters. The van der Waals surface area contributed by atoms with E-state index in [1.165, 1.54) is 6.20 Å². The smallest absolute Gasteiger partial charge is 0.272 e. The molecule has 2 heterocycles. The van der Waals surface area contributed by atoms with Crippen molar-refractivity contribution in [1.82, 2.24) is 15.3 Å². The van der Waals surface area contributed by atoms with Crippen LogP contribution in [0.5, 0.6) is 0 Å². The van der Waals surface area contributed by atoms with E-state index in [1.807, 2.05) is 20.8 Å². The second kappa shape index (κ2) is 6.36. The number of nitrogens with zero attached hydrogens (tertiary/aromatic N) is 2. The standard InChI is InChI=1S/C14H19N5O2/c1-8(2)13-16-7-10(19-15)12(18-13)14(20)17-9(3)11-5-4-6-21-11/h4-9,19H,15H2,1-3H3,(H,17,20). The van der Waals surface area contributed by atoms with Crippen molar-refractivity contribution >= 4 is 11.6 Å². The molecular weight excluding hydrogens is 270 g/mol. The van der Waals surface area contributed by atoms with Crippen LogP contribution >= 0.6 is 0 Å². The maximum atomic E-state index is 12.4. The van der Waals surface area contributed by atoms with Gasteiger partial charge in [-0.15, -0.1) is 0 Å². The van der Waals surface area contributed by atoms with Gasteiger partial charge < -0.3 is 15.2 Å². The average molecular weight is 289 g/mol. The number of nitrogens with two attached hydrogens (primary N) is 1. The van der Waals surface area contributed by atoms with Crippen molar-refractivity contribution in [1.29, 1.82) is 0 Å². The van der Waals surface area contributed by atoms with Gasteiger partial charge in [-0.25, -0.2) is 9.97 Å². The zero-order valence-corrected chi connectivity index (χ0v) is 12.3. The largest absolute Gasteiger partial charge is 0.467 e. The number of carbonyl (C=O) groups is 1. The number of anilines is 1. The van der Waals surface area contributed by atoms with E-state index in [4.69, 9.17) is 10.3 Å². The molecule has 0 saturated carbocycles. The van der Waals surface area contributed by atoms with Gasteiger partial charge in [-0.1, -0.05) is 13.8 Å². The van der Waals surface area contributed by atoms with Crippen LogP contribution in [-0.4, -0.2) is 15.9 Å². The molecule has 0 radical (unpaired) electrons. The van der Waals surface area contributed by atoms with Crippen LogP contribution in [0.3, 0.4) is 0 Å². The molecule has 0 bridgehead atoms. The number of furan rings is 1. The monoisotopic (exact) mass is 289 g/mol. The molecule has 0 aliphatic heterocycles. The Morgan fingerprint density at radius 3 is 2.71 bits per heavy atom. The summed E-state index contributed by atoms with van der Waals surface area (Å²) in [5, 5.41) is 2.82. The average Bonchev–Trinajstić information content (AvgIpc) is 3.00. The Morgan fingerprint density at radius 1 is 1.38 bits per heavy atom. The van der Waals surface area contributed by atoms with E-state index >= 15 is 0 Å². The van der Waals surface area contributed by atoms with Crippen molar-refractivity contribution in [3.63, 3.8) is 0 Å². The lowest BCUT2D eigenvalue weighted by Crippen LogP contribution is -2.29. The summed E-state index contributed by atoms with van der Waals surface area (Å²) in [5.74, 6) is 6.45. The molecule has 1 atom stereocenters. The van der Waals surface area contributed by atoms with Crippen LogP contribution in [0.2, 0.25) is 0 Å². The number of hydrogen-bond donors (Lipinski definition) is 3. The highest BCUT2D eigenvalue weighted by molar-refractivity contribution is 5.97. The van der Waals surface area contributed by atoms with Gasteiger partial charge in [0.25, 0.3) is 5.91 Å². The molecule has 0 aliphatic rings. The van der Waals surface area contributed by atoms with Gasteiger partial charge in [0.2, 0.25) is 0 Å². The molecule has 21 heavy (non-hydrogen) atoms. The fourth-order valence-corrected chi connectivity index (χ4v) is 1.83. The minimum Gasteiger partial charge on any atom is -0.467 e. The first kappa shape index (κ1) is 15.0. The lowest BCUT2D eigenvalue weighted by atomic mass is 10.2. The van der Waals surface area contributed by atoms with Crippen molar-refractivity contribution in [2.45, 2.75) is 32.7 Å². The zero-order chi connectivity index (χ0) is 15.4. The molecule has 0 saturated heterocycles. The maximum absolute atomic E-state index is 12.4. The fourth-order valence-electron chi connectivity index (χ4n) is 1.83. The Morgan fingerprint density at radius 2 is 2.14 bits per heavy atom. The Balaban J connectivity index is 2.23. The summed E-state index contributed by atoms with van der Waals surface area (Å²) in [7, 11) is 0. The van der Waals surface area contributed by atoms with Crippen LogP contribution in [0.4, 0.5) is 5.69 Å². The molecule has 2 aromatic heterocycles. The molecule has 4 N–H and O–H groups in total. The molecule has 0 aliphatic carbocycles. The predicted molar refractivity (Wildman–Crippen MR) is 78.5 cm³/mol. The number of nitrogens with one attached hydrogen (secondary N) is 2. The molecule has 2 aromatic rings. The van der Waals surface area contributed by atoms with Crippen molar-refractivity contribution in [2.75, 3.05) is 5.43 Å². The van der Waals surface area contributed by atoms with Gasteiger partial charge in [-0.2, -0.15) is 0 Å². The molecule has 7 nitrogen and oxygen atoms in total. The van der Waals surface area contributed by atoms with Gasteiger partial charge in [0.15, 0.2) is 5.69 Å². The highest BCUT2D eigenvalue weighted by Crippen LogP contribution is 2.18. The highest BCUT2D eigenvalue weighted by atomic mass is 16.3. The van der Waals surface area contributed by atoms with Crippen molar-refractivity contribution in [2.24, 2.45) is 5.84 Å². The summed E-state index contributed by atoms with van der Waals surface area (Å²) >= 11 is 0. The number of nitrogen functional groups attached to an aromatic ring is 1. The summed E-state index contributed by atoms with van der Waals surface area (Å²) < 4.78 is 5.26. The first-order chi connectivity index (χ1) is 10.0. The van der Waals surface area contributed by atoms with E-state index in [9.17, 15) is 4.79 Å². The highest BCUT2D eigenvalue weighted by Gasteiger charge is 2.19. The lowest BCUT2D eigenvalue weighted by Gasteiger charge is -2.14. The van der Waals surface area contributed by atoms with E-state index in [2.05, 4.69) is 20.7 Å². The molecule has 7 heteroatoms. The number of rotatable bonds is 5. The third-order valence-corrected chi connectivity index (χ3v) is 3.01. The van der Waals surface area contributed by atoms with Crippen LogP contribution in [0.25, 0.3) is 0 Å². The summed E-state index contributed by atoms with van der Waals surface area (Å²) in [5.41, 5.74) is 3.04. The Hall–Kier alpha value is -2.41. The summed E-state index contributed by atoms with van der Waals surface area (Å²) in [6, 6.07) is 3.30. The van der Waals surface area contributed by atoms with Gasteiger partial charge in [0.1, 0.15) is 11.6 Å². The van der Waals surface area contributed by atoms with Crippen LogP contribution in [0.15, 0.2) is 29.0 Å². The van der Waals surface area contributed by atoms with Gasteiger partial charge in [-0.3, -0.25) is 10.6 Å². The molecule has 0 aromatic carbocycles. The second-order valence-electron chi connectivity index (χ2n) is 5.00. The lowest BCUT2D eigenvalue weighted by molar-refractivity contribution is 0.0930. The number of aromatic nitrogens is 2. The number of carbonyl (C=O) groups excluding carboxylic acids is 1. The molecule has 0 spiro atoms. The van der Waals surface area contributed by atoms with Crippen molar-refractivity contribution in [3.05, 3.63) is 41.9 Å². The molecule has 0 fully saturated rings. The van der Waals surface area contributed by atoms with E-state index < -0.39 is 0 Å². The number of hydrazine groups is 1. The van der Waals surface area contributed by atoms with Crippen LogP contribution < -0.4 is 16.6 Å². The first-order valence-corrected chi connectivity index (χ1v) is 6.70. The fraction of sp³-hybridized carbons (Fsp3) is 0.357. The topological polar surface area (TPSA) is 106 Å². The first-order valence-electron chi connectivity index (χ1n) is 6.70. The third kappa shape index (κ3) is 3.38. The maximum Gasteiger partial charge on any atom is 0.272 e. The molecular formula is C14H19N5O2. The second-order valence-corrected chi connectivity index (χ2v) is 5.00. The minimum absolute atomic E-state index is 0.117. The van der Waals surface area contributed by atoms with Gasteiger partial charge in [-0.05, 0) is 19.1 Å². The van der Waals surface area contributed by atoms with E-state index in [0.29, 0.717) is 17.3 Å². The summed E-state index contributed by atoms with van der Waals surface area (Å²) in [6.45, 7) is 5.74. The quantitative estimate of drug-likeness (QED) is 0.574. The Labute approximate surface area is 122 Å². The van der Waals surface area contributed by atoms with Crippen LogP contribution in [-0.2, 0) is 0 Å². The Bertz CT molecular complexity index is 610. The summed E-state index contributed by atoms with van der Waals surface area (Å²) in [6.07, 6.45) is 3.07. The van der Waals surface area contributed by atoms with Gasteiger partial charge in [0.05, 0.1) is 24.2 Å². The van der Waals surface area contributed by atoms with E-state index in [0.717, 1.165) is 0 Å². The third-order valence-electron chi connectivity index (χ3n) is 3.01. The van der Waals surface area contributed by atoms with Gasteiger partial charge >= 0.3 is 0 Å². The number of amides is 1. The Kier molecular flexibility index (Phi) is 4.54. The summed E-state index contributed by atoms with van der Waals surface area (Å²) in [4.78, 5) is 20.8. The van der Waals surface area contributed by atoms with Crippen molar-refractivity contribution in [3.8, 4) is 0 Å². The SMILES string of the molecule is CC(C)c1ncc(NN)c(C(=O)NC(C)c2ccco2)n1. The molecule has 2 rings (SSSR count). The zero-order valence-electron chi connectivity index (χ0n) is 12.3. The molecule has 1 amide bonds.